The number of nitrogens with zero attached hydrogens (tertiary/aromatic N) is 5. The van der Waals surface area contributed by atoms with Gasteiger partial charge < -0.3 is 10.2 Å². The molecule has 0 aromatic carbocycles. The molecular weight excluding hydrogens is 404 g/mol. The Hall–Kier alpha value is -2.05. The number of carbonyl (C=O) groups excluding carboxylic acids is 1. The molecule has 0 spiro atoms. The monoisotopic (exact) mass is 428 g/mol. The summed E-state index contributed by atoms with van der Waals surface area (Å²) < 4.78 is 2.24. The van der Waals surface area contributed by atoms with E-state index in [1.807, 2.05) is 0 Å². The van der Waals surface area contributed by atoms with Gasteiger partial charge in [-0.3, -0.25) is 9.36 Å². The molecule has 9 heteroatoms. The molecule has 1 saturated heterocycles. The van der Waals surface area contributed by atoms with Crippen LogP contribution in [0, 0.1) is 11.3 Å². The third-order valence-corrected chi connectivity index (χ3v) is 7.97. The molecule has 29 heavy (non-hydrogen) atoms. The summed E-state index contributed by atoms with van der Waals surface area (Å²) in [6.45, 7) is 2.08. The summed E-state index contributed by atoms with van der Waals surface area (Å²) in [4.78, 5) is 16.2. The van der Waals surface area contributed by atoms with Gasteiger partial charge in [0, 0.05) is 24.0 Å². The van der Waals surface area contributed by atoms with Gasteiger partial charge in [-0.15, -0.1) is 21.5 Å². The van der Waals surface area contributed by atoms with Crippen molar-refractivity contribution in [1.29, 1.82) is 5.26 Å². The molecule has 1 N–H and O–H groups in total. The number of hydrogen-bond acceptors (Lipinski definition) is 7. The van der Waals surface area contributed by atoms with Crippen molar-refractivity contribution in [3.8, 4) is 6.07 Å². The number of fused-ring (bicyclic) bond motifs is 1. The molecule has 0 bridgehead atoms. The number of rotatable bonds is 6. The first-order valence-corrected chi connectivity index (χ1v) is 12.2. The molecule has 0 radical (unpaired) electrons. The van der Waals surface area contributed by atoms with E-state index >= 15 is 0 Å². The number of nitriles is 1. The molecular formula is C20H24N6OS2. The van der Waals surface area contributed by atoms with Crippen molar-refractivity contribution in [2.75, 3.05) is 29.1 Å². The van der Waals surface area contributed by atoms with Crippen molar-refractivity contribution in [3.05, 3.63) is 16.0 Å². The fourth-order valence-corrected chi connectivity index (χ4v) is 6.29. The minimum Gasteiger partial charge on any atom is -0.341 e. The lowest BCUT2D eigenvalue weighted by Crippen LogP contribution is -2.32. The van der Waals surface area contributed by atoms with E-state index in [-0.39, 0.29) is 11.7 Å². The van der Waals surface area contributed by atoms with Crippen LogP contribution in [-0.4, -0.2) is 39.5 Å². The largest absolute Gasteiger partial charge is 0.341 e. The molecule has 5 rings (SSSR count). The van der Waals surface area contributed by atoms with Crippen LogP contribution < -0.4 is 10.2 Å². The van der Waals surface area contributed by atoms with E-state index in [9.17, 15) is 10.1 Å². The standard InChI is InChI=1S/C20H24N6OS2/c21-11-15-14-5-4-6-16(14)29-18(15)22-17(27)12-28-20-24-23-19(26(20)13-7-8-13)25-9-2-1-3-10-25/h13H,1-10,12H2,(H,22,27). The van der Waals surface area contributed by atoms with Gasteiger partial charge in [-0.25, -0.2) is 0 Å². The average Bonchev–Trinajstić information content (AvgIpc) is 3.18. The van der Waals surface area contributed by atoms with Crippen LogP contribution in [0.25, 0.3) is 0 Å². The summed E-state index contributed by atoms with van der Waals surface area (Å²) in [5.41, 5.74) is 1.80. The molecule has 1 saturated carbocycles. The Bertz CT molecular complexity index is 965. The topological polar surface area (TPSA) is 86.8 Å². The first kappa shape index (κ1) is 18.9. The van der Waals surface area contributed by atoms with E-state index in [2.05, 4.69) is 31.1 Å². The average molecular weight is 429 g/mol. The van der Waals surface area contributed by atoms with Gasteiger partial charge in [0.2, 0.25) is 11.9 Å². The highest BCUT2D eigenvalue weighted by Gasteiger charge is 2.32. The van der Waals surface area contributed by atoms with Gasteiger partial charge in [0.05, 0.1) is 11.3 Å². The number of thioether (sulfide) groups is 1. The molecule has 3 heterocycles. The van der Waals surface area contributed by atoms with Gasteiger partial charge in [0.25, 0.3) is 0 Å². The van der Waals surface area contributed by atoms with Gasteiger partial charge in [-0.1, -0.05) is 11.8 Å². The molecule has 2 fully saturated rings. The number of carbonyl (C=O) groups is 1. The lowest BCUT2D eigenvalue weighted by Gasteiger charge is -2.27. The van der Waals surface area contributed by atoms with Crippen LogP contribution in [0.4, 0.5) is 10.9 Å². The Morgan fingerprint density at radius 3 is 2.79 bits per heavy atom. The summed E-state index contributed by atoms with van der Waals surface area (Å²) in [6, 6.07) is 2.75. The van der Waals surface area contributed by atoms with Crippen molar-refractivity contribution in [3.63, 3.8) is 0 Å². The van der Waals surface area contributed by atoms with Crippen molar-refractivity contribution < 1.29 is 4.79 Å². The molecule has 2 aromatic heterocycles. The van der Waals surface area contributed by atoms with Crippen LogP contribution in [0.1, 0.15) is 60.6 Å². The second-order valence-corrected chi connectivity index (χ2v) is 9.99. The molecule has 1 aliphatic heterocycles. The zero-order chi connectivity index (χ0) is 19.8. The second-order valence-electron chi connectivity index (χ2n) is 7.94. The van der Waals surface area contributed by atoms with E-state index in [0.29, 0.717) is 16.6 Å². The summed E-state index contributed by atoms with van der Waals surface area (Å²) >= 11 is 3.00. The maximum Gasteiger partial charge on any atom is 0.235 e. The predicted octanol–water partition coefficient (Wildman–Crippen LogP) is 3.76. The number of hydrogen-bond donors (Lipinski definition) is 1. The van der Waals surface area contributed by atoms with Crippen molar-refractivity contribution in [2.45, 2.75) is 62.6 Å². The third-order valence-electron chi connectivity index (χ3n) is 5.82. The summed E-state index contributed by atoms with van der Waals surface area (Å²) in [5.74, 6) is 1.16. The number of aromatic nitrogens is 3. The van der Waals surface area contributed by atoms with Gasteiger partial charge in [-0.05, 0) is 56.9 Å². The molecule has 2 aromatic rings. The Labute approximate surface area is 178 Å². The fourth-order valence-electron chi connectivity index (χ4n) is 4.23. The zero-order valence-electron chi connectivity index (χ0n) is 16.3. The fraction of sp³-hybridized carbons (Fsp3) is 0.600. The SMILES string of the molecule is N#Cc1c(NC(=O)CSc2nnc(N3CCCCC3)n2C2CC2)sc2c1CCC2. The number of thiophene rings is 1. The second kappa shape index (κ2) is 8.00. The number of nitrogens with one attached hydrogen (secondary N) is 1. The van der Waals surface area contributed by atoms with Crippen LogP contribution in [0.3, 0.4) is 0 Å². The molecule has 2 aliphatic carbocycles. The van der Waals surface area contributed by atoms with Crippen LogP contribution in [0.15, 0.2) is 5.16 Å². The van der Waals surface area contributed by atoms with Crippen molar-refractivity contribution >= 4 is 40.0 Å². The maximum atomic E-state index is 12.6. The van der Waals surface area contributed by atoms with Crippen LogP contribution in [0.2, 0.25) is 0 Å². The van der Waals surface area contributed by atoms with Crippen molar-refractivity contribution in [2.24, 2.45) is 0 Å². The van der Waals surface area contributed by atoms with Crippen LogP contribution in [-0.2, 0) is 17.6 Å². The lowest BCUT2D eigenvalue weighted by atomic mass is 10.1. The maximum absolute atomic E-state index is 12.6. The minimum absolute atomic E-state index is 0.0868. The van der Waals surface area contributed by atoms with E-state index in [1.54, 1.807) is 11.3 Å². The molecule has 7 nitrogen and oxygen atoms in total. The van der Waals surface area contributed by atoms with Crippen molar-refractivity contribution in [1.82, 2.24) is 14.8 Å². The van der Waals surface area contributed by atoms with Gasteiger partial charge in [0.1, 0.15) is 11.1 Å². The van der Waals surface area contributed by atoms with E-state index in [4.69, 9.17) is 0 Å². The zero-order valence-corrected chi connectivity index (χ0v) is 17.9. The third kappa shape index (κ3) is 3.76. The van der Waals surface area contributed by atoms with Crippen LogP contribution in [0.5, 0.6) is 0 Å². The number of amides is 1. The van der Waals surface area contributed by atoms with E-state index < -0.39 is 0 Å². The first-order chi connectivity index (χ1) is 14.2. The first-order valence-electron chi connectivity index (χ1n) is 10.4. The molecule has 152 valence electrons. The molecule has 0 atom stereocenters. The minimum atomic E-state index is -0.0868. The highest BCUT2D eigenvalue weighted by Crippen LogP contribution is 2.42. The van der Waals surface area contributed by atoms with Gasteiger partial charge >= 0.3 is 0 Å². The number of anilines is 2. The van der Waals surface area contributed by atoms with E-state index in [0.717, 1.165) is 61.9 Å². The highest BCUT2D eigenvalue weighted by molar-refractivity contribution is 7.99. The summed E-state index contributed by atoms with van der Waals surface area (Å²) in [6.07, 6.45) is 9.08. The molecule has 1 amide bonds. The summed E-state index contributed by atoms with van der Waals surface area (Å²) in [5, 5.41) is 22.9. The summed E-state index contributed by atoms with van der Waals surface area (Å²) in [7, 11) is 0. The lowest BCUT2D eigenvalue weighted by molar-refractivity contribution is -0.113. The quantitative estimate of drug-likeness (QED) is 0.705. The number of aryl methyl sites for hydroxylation is 1. The smallest absolute Gasteiger partial charge is 0.235 e. The number of piperidine rings is 1. The Kier molecular flexibility index (Phi) is 5.22. The Balaban J connectivity index is 1.26. The Morgan fingerprint density at radius 2 is 2.03 bits per heavy atom. The predicted molar refractivity (Wildman–Crippen MR) is 115 cm³/mol. The highest BCUT2D eigenvalue weighted by atomic mass is 32.2. The molecule has 3 aliphatic rings. The van der Waals surface area contributed by atoms with Crippen LogP contribution >= 0.6 is 23.1 Å². The molecule has 0 unspecified atom stereocenters. The van der Waals surface area contributed by atoms with Gasteiger partial charge in [-0.2, -0.15) is 5.26 Å². The van der Waals surface area contributed by atoms with Gasteiger partial charge in [0.15, 0.2) is 5.16 Å². The Morgan fingerprint density at radius 1 is 1.21 bits per heavy atom. The normalized spacial score (nSPS) is 18.5. The van der Waals surface area contributed by atoms with E-state index in [1.165, 1.54) is 35.9 Å².